The highest BCUT2D eigenvalue weighted by atomic mass is 32.2. The van der Waals surface area contributed by atoms with E-state index in [1.165, 1.54) is 34.8 Å². The average molecular weight is 564 g/mol. The Morgan fingerprint density at radius 3 is 1.97 bits per heavy atom. The van der Waals surface area contributed by atoms with Crippen LogP contribution in [-0.2, 0) is 30.0 Å². The van der Waals surface area contributed by atoms with Gasteiger partial charge in [-0.1, -0.05) is 29.8 Å². The van der Waals surface area contributed by atoms with Crippen molar-refractivity contribution in [2.45, 2.75) is 60.7 Å². The molecule has 0 amide bonds. The quantitative estimate of drug-likeness (QED) is 0.219. The van der Waals surface area contributed by atoms with E-state index in [1.54, 1.807) is 24.3 Å². The lowest BCUT2D eigenvalue weighted by Gasteiger charge is -2.45. The average Bonchev–Trinajstić information content (AvgIpc) is 3.17. The first-order chi connectivity index (χ1) is 17.4. The number of thiophene rings is 2. The smallest absolute Gasteiger partial charge is 0.349 e. The molecule has 8 nitrogen and oxygen atoms in total. The van der Waals surface area contributed by atoms with Gasteiger partial charge >= 0.3 is 5.97 Å². The number of rotatable bonds is 5. The van der Waals surface area contributed by atoms with Crippen LogP contribution in [0.25, 0.3) is 0 Å². The fraction of sp³-hybridized carbons (Fsp3) is 0.423. The molecule has 3 aromatic rings. The molecule has 5 heterocycles. The van der Waals surface area contributed by atoms with E-state index in [9.17, 15) is 22.9 Å². The van der Waals surface area contributed by atoms with Crippen molar-refractivity contribution in [2.24, 2.45) is 0 Å². The van der Waals surface area contributed by atoms with E-state index < -0.39 is 21.7 Å². The van der Waals surface area contributed by atoms with Gasteiger partial charge in [0.25, 0.3) is 0 Å². The number of piperidine rings is 1. The number of aryl methyl sites for hydroxylation is 1. The maximum Gasteiger partial charge on any atom is 0.349 e. The van der Waals surface area contributed by atoms with Crippen LogP contribution in [0.1, 0.15) is 28.2 Å². The third kappa shape index (κ3) is 4.89. The number of nitrogens with zero attached hydrogens (tertiary/aromatic N) is 1. The van der Waals surface area contributed by atoms with Crippen LogP contribution in [0.4, 0.5) is 0 Å². The van der Waals surface area contributed by atoms with Gasteiger partial charge in [-0.3, -0.25) is 0 Å². The molecule has 3 fully saturated rings. The lowest BCUT2D eigenvalue weighted by atomic mass is 9.95. The summed E-state index contributed by atoms with van der Waals surface area (Å²) in [5, 5.41) is 15.1. The Bertz CT molecular complexity index is 1300. The normalized spacial score (nSPS) is 27.5. The zero-order chi connectivity index (χ0) is 26.6. The topological polar surface area (TPSA) is 116 Å². The minimum Gasteiger partial charge on any atom is -0.744 e. The molecule has 3 aliphatic rings. The summed E-state index contributed by atoms with van der Waals surface area (Å²) < 4.78 is 43.8. The molecule has 5 atom stereocenters. The van der Waals surface area contributed by atoms with Crippen molar-refractivity contribution in [1.29, 1.82) is 0 Å². The summed E-state index contributed by atoms with van der Waals surface area (Å²) in [6.07, 6.45) is 2.05. The van der Waals surface area contributed by atoms with Crippen molar-refractivity contribution in [3.05, 3.63) is 74.6 Å². The summed E-state index contributed by atoms with van der Waals surface area (Å²) in [7, 11) is 0.224. The third-order valence-electron chi connectivity index (χ3n) is 7.67. The second-order valence-electron chi connectivity index (χ2n) is 10.3. The third-order valence-corrected chi connectivity index (χ3v) is 10.5. The number of carbonyl (C=O) groups is 1. The lowest BCUT2D eigenvalue weighted by Crippen LogP contribution is -2.60. The molecule has 2 aromatic heterocycles. The van der Waals surface area contributed by atoms with E-state index in [1.807, 2.05) is 29.8 Å². The van der Waals surface area contributed by atoms with Crippen LogP contribution in [-0.4, -0.2) is 73.0 Å². The number of benzene rings is 1. The van der Waals surface area contributed by atoms with E-state index >= 15 is 0 Å². The van der Waals surface area contributed by atoms with Gasteiger partial charge in [-0.25, -0.2) is 13.2 Å². The molecule has 198 valence electrons. The molecule has 0 aliphatic carbocycles. The minimum absolute atomic E-state index is 0.161. The van der Waals surface area contributed by atoms with Crippen LogP contribution < -0.4 is 0 Å². The largest absolute Gasteiger partial charge is 0.744 e. The number of epoxide rings is 1. The number of quaternary nitrogens is 1. The Balaban J connectivity index is 0.000000215. The number of fused-ring (bicyclic) bond motifs is 5. The van der Waals surface area contributed by atoms with E-state index in [2.05, 4.69) is 14.1 Å². The second kappa shape index (κ2) is 9.57. The van der Waals surface area contributed by atoms with E-state index in [-0.39, 0.29) is 11.0 Å². The van der Waals surface area contributed by atoms with Crippen LogP contribution in [0.15, 0.2) is 64.2 Å². The number of hydrogen-bond donors (Lipinski definition) is 1. The van der Waals surface area contributed by atoms with Gasteiger partial charge < -0.3 is 23.6 Å². The molecule has 37 heavy (non-hydrogen) atoms. The summed E-state index contributed by atoms with van der Waals surface area (Å²) in [5.41, 5.74) is -0.791. The molecule has 0 saturated carbocycles. The van der Waals surface area contributed by atoms with Crippen LogP contribution in [0.5, 0.6) is 0 Å². The fourth-order valence-corrected chi connectivity index (χ4v) is 7.72. The molecule has 2 bridgehead atoms. The predicted molar refractivity (Wildman–Crippen MR) is 138 cm³/mol. The molecule has 1 N–H and O–H groups in total. The first kappa shape index (κ1) is 26.5. The lowest BCUT2D eigenvalue weighted by molar-refractivity contribution is -0.938. The van der Waals surface area contributed by atoms with Crippen molar-refractivity contribution in [3.8, 4) is 0 Å². The predicted octanol–water partition coefficient (Wildman–Crippen LogP) is 3.24. The van der Waals surface area contributed by atoms with Gasteiger partial charge in [-0.15, -0.1) is 22.7 Å². The van der Waals surface area contributed by atoms with Gasteiger partial charge in [0.05, 0.1) is 28.7 Å². The highest BCUT2D eigenvalue weighted by Gasteiger charge is 2.71. The zero-order valence-electron chi connectivity index (χ0n) is 20.6. The Kier molecular flexibility index (Phi) is 6.85. The van der Waals surface area contributed by atoms with E-state index in [0.717, 1.165) is 22.9 Å². The van der Waals surface area contributed by atoms with Gasteiger partial charge in [-0.05, 0) is 41.9 Å². The number of aliphatic hydroxyl groups is 1. The van der Waals surface area contributed by atoms with E-state index in [0.29, 0.717) is 34.0 Å². The zero-order valence-corrected chi connectivity index (χ0v) is 23.1. The number of hydrogen-bond acceptors (Lipinski definition) is 9. The molecule has 6 rings (SSSR count). The van der Waals surface area contributed by atoms with E-state index in [4.69, 9.17) is 9.47 Å². The molecular weight excluding hydrogens is 534 g/mol. The van der Waals surface area contributed by atoms with Crippen LogP contribution >= 0.6 is 22.7 Å². The number of carbonyl (C=O) groups excluding carboxylic acids is 1. The van der Waals surface area contributed by atoms with Crippen molar-refractivity contribution < 1.29 is 36.8 Å². The summed E-state index contributed by atoms with van der Waals surface area (Å²) in [4.78, 5) is 14.2. The van der Waals surface area contributed by atoms with Gasteiger partial charge in [0.15, 0.2) is 0 Å². The van der Waals surface area contributed by atoms with Crippen LogP contribution in [0.2, 0.25) is 0 Å². The number of ether oxygens (including phenoxy) is 2. The first-order valence-corrected chi connectivity index (χ1v) is 15.1. The molecule has 3 saturated heterocycles. The molecule has 1 unspecified atom stereocenters. The van der Waals surface area contributed by atoms with Crippen LogP contribution in [0, 0.1) is 6.92 Å². The molecule has 3 aliphatic heterocycles. The molecule has 1 aromatic carbocycles. The second-order valence-corrected chi connectivity index (χ2v) is 13.5. The van der Waals surface area contributed by atoms with Gasteiger partial charge in [0.2, 0.25) is 5.60 Å². The molecular formula is C26H29NO7S3. The summed E-state index contributed by atoms with van der Waals surface area (Å²) in [5.74, 6) is -0.561. The monoisotopic (exact) mass is 563 g/mol. The van der Waals surface area contributed by atoms with Crippen molar-refractivity contribution in [2.75, 3.05) is 14.1 Å². The molecule has 11 heteroatoms. The Labute approximate surface area is 224 Å². The number of likely N-dealkylation sites (N-methyl/N-ethyl adjacent to an activating group) is 1. The Hall–Kier alpha value is -2.12. The van der Waals surface area contributed by atoms with Crippen LogP contribution in [0.3, 0.4) is 0 Å². The van der Waals surface area contributed by atoms with Gasteiger partial charge in [0.1, 0.15) is 40.5 Å². The maximum absolute atomic E-state index is 13.1. The van der Waals surface area contributed by atoms with Gasteiger partial charge in [-0.2, -0.15) is 0 Å². The fourth-order valence-electron chi connectivity index (χ4n) is 5.53. The van der Waals surface area contributed by atoms with Crippen molar-refractivity contribution in [3.63, 3.8) is 0 Å². The summed E-state index contributed by atoms with van der Waals surface area (Å²) >= 11 is 2.74. The SMILES string of the molecule is C[N+]1(C)[C@@H]2CC(OC(=O)C(O)(c3cccs3)c3cccs3)C[C@H]1[C@@H]1O[C@@H]12.Cc1ccc(S(=O)(=O)[O-])cc1. The first-order valence-electron chi connectivity index (χ1n) is 11.9. The number of esters is 1. The van der Waals surface area contributed by atoms with Crippen molar-refractivity contribution in [1.82, 2.24) is 0 Å². The number of morpholine rings is 1. The van der Waals surface area contributed by atoms with Gasteiger partial charge in [0, 0.05) is 12.8 Å². The minimum atomic E-state index is -4.27. The summed E-state index contributed by atoms with van der Waals surface area (Å²) in [6, 6.07) is 13.8. The van der Waals surface area contributed by atoms with Crippen molar-refractivity contribution >= 4 is 38.8 Å². The maximum atomic E-state index is 13.1. The Morgan fingerprint density at radius 1 is 1.03 bits per heavy atom. The molecule has 0 spiro atoms. The Morgan fingerprint density at radius 2 is 1.54 bits per heavy atom. The highest BCUT2D eigenvalue weighted by Crippen LogP contribution is 2.52. The molecule has 0 radical (unpaired) electrons. The standard InChI is InChI=1S/C19H22NO4S2.C7H8O3S/c1-20(2)12-9-11(10-13(20)17-16(12)24-17)23-18(21)19(22,14-5-3-7-25-14)15-6-4-8-26-15;1-6-2-4-7(5-3-6)11(8,9)10/h3-8,11-13,16-17,22H,9-10H2,1-2H3;2-5H,1H3,(H,8,9,10)/q+1;/p-1/t11?,12-,13+,16-,17+;. The summed E-state index contributed by atoms with van der Waals surface area (Å²) in [6.45, 7) is 1.82. The highest BCUT2D eigenvalue weighted by molar-refractivity contribution is 7.85.